The highest BCUT2D eigenvalue weighted by molar-refractivity contribution is 6.33. The van der Waals surface area contributed by atoms with Crippen LogP contribution in [0.2, 0.25) is 5.02 Å². The van der Waals surface area contributed by atoms with Gasteiger partial charge in [0.25, 0.3) is 5.69 Å². The molecule has 0 aliphatic rings. The Kier molecular flexibility index (Phi) is 3.69. The Labute approximate surface area is 115 Å². The smallest absolute Gasteiger partial charge is 0.271 e. The van der Waals surface area contributed by atoms with E-state index >= 15 is 0 Å². The Morgan fingerprint density at radius 2 is 2.05 bits per heavy atom. The molecule has 2 rings (SSSR count). The van der Waals surface area contributed by atoms with Gasteiger partial charge in [-0.1, -0.05) is 23.6 Å². The minimum atomic E-state index is -0.450. The number of rotatable bonds is 3. The average Bonchev–Trinajstić information content (AvgIpc) is 2.41. The molecule has 2 aromatic carbocycles. The topological polar surface area (TPSA) is 55.2 Å². The number of nitro groups is 1. The zero-order chi connectivity index (χ0) is 13.8. The van der Waals surface area contributed by atoms with Crippen LogP contribution in [0.15, 0.2) is 42.5 Å². The van der Waals surface area contributed by atoms with Crippen molar-refractivity contribution in [3.05, 3.63) is 63.2 Å². The maximum atomic E-state index is 10.7. The number of hydrogen-bond acceptors (Lipinski definition) is 3. The van der Waals surface area contributed by atoms with Gasteiger partial charge in [0, 0.05) is 23.4 Å². The lowest BCUT2D eigenvalue weighted by atomic mass is 10.2. The van der Waals surface area contributed by atoms with Crippen molar-refractivity contribution in [2.75, 3.05) is 5.32 Å². The number of benzene rings is 2. The average molecular weight is 273 g/mol. The lowest BCUT2D eigenvalue weighted by Gasteiger charge is -2.08. The van der Waals surface area contributed by atoms with Crippen molar-refractivity contribution in [3.8, 4) is 12.3 Å². The van der Waals surface area contributed by atoms with Crippen LogP contribution in [0.25, 0.3) is 0 Å². The van der Waals surface area contributed by atoms with E-state index in [1.54, 1.807) is 30.3 Å². The molecular formula is C14H9ClN2O2. The molecule has 0 bridgehead atoms. The van der Waals surface area contributed by atoms with Crippen molar-refractivity contribution in [2.45, 2.75) is 0 Å². The number of nitrogens with one attached hydrogen (secondary N) is 1. The van der Waals surface area contributed by atoms with E-state index in [0.29, 0.717) is 22.0 Å². The summed E-state index contributed by atoms with van der Waals surface area (Å²) in [6, 6.07) is 11.3. The van der Waals surface area contributed by atoms with Crippen LogP contribution in [-0.4, -0.2) is 4.92 Å². The van der Waals surface area contributed by atoms with Crippen LogP contribution >= 0.6 is 11.6 Å². The van der Waals surface area contributed by atoms with E-state index in [0.717, 1.165) is 0 Å². The van der Waals surface area contributed by atoms with Gasteiger partial charge in [-0.25, -0.2) is 0 Å². The monoisotopic (exact) mass is 272 g/mol. The Bertz CT molecular complexity index is 677. The summed E-state index contributed by atoms with van der Waals surface area (Å²) in [5.41, 5.74) is 1.92. The SMILES string of the molecule is C#Cc1ccc(Nc2cccc([N+](=O)[O-])c2)c(Cl)c1. The van der Waals surface area contributed by atoms with E-state index in [1.165, 1.54) is 12.1 Å². The fraction of sp³-hybridized carbons (Fsp3) is 0. The van der Waals surface area contributed by atoms with E-state index in [1.807, 2.05) is 0 Å². The summed E-state index contributed by atoms with van der Waals surface area (Å²) in [5, 5.41) is 14.2. The van der Waals surface area contributed by atoms with E-state index in [9.17, 15) is 10.1 Å². The molecule has 0 fully saturated rings. The molecule has 2 aromatic rings. The van der Waals surface area contributed by atoms with E-state index in [2.05, 4.69) is 11.2 Å². The molecule has 4 nitrogen and oxygen atoms in total. The van der Waals surface area contributed by atoms with Gasteiger partial charge in [-0.15, -0.1) is 6.42 Å². The van der Waals surface area contributed by atoms with E-state index < -0.39 is 4.92 Å². The number of nitrogens with zero attached hydrogens (tertiary/aromatic N) is 1. The Balaban J connectivity index is 2.29. The number of terminal acetylenes is 1. The summed E-state index contributed by atoms with van der Waals surface area (Å²) in [7, 11) is 0. The standard InChI is InChI=1S/C14H9ClN2O2/c1-2-10-6-7-14(13(15)8-10)16-11-4-3-5-12(9-11)17(18)19/h1,3-9,16H. The first-order chi connectivity index (χ1) is 9.10. The number of hydrogen-bond donors (Lipinski definition) is 1. The summed E-state index contributed by atoms with van der Waals surface area (Å²) >= 11 is 6.07. The highest BCUT2D eigenvalue weighted by Gasteiger charge is 2.07. The van der Waals surface area contributed by atoms with Gasteiger partial charge in [0.05, 0.1) is 15.6 Å². The predicted molar refractivity (Wildman–Crippen MR) is 75.8 cm³/mol. The number of non-ortho nitro benzene ring substituents is 1. The van der Waals surface area contributed by atoms with Crippen molar-refractivity contribution >= 4 is 28.7 Å². The summed E-state index contributed by atoms with van der Waals surface area (Å²) in [5.74, 6) is 2.48. The van der Waals surface area contributed by atoms with Crippen molar-refractivity contribution in [1.82, 2.24) is 0 Å². The molecule has 0 spiro atoms. The number of halogens is 1. The van der Waals surface area contributed by atoms with Gasteiger partial charge in [-0.05, 0) is 24.3 Å². The second kappa shape index (κ2) is 5.42. The predicted octanol–water partition coefficient (Wildman–Crippen LogP) is 3.97. The van der Waals surface area contributed by atoms with E-state index in [-0.39, 0.29) is 5.69 Å². The van der Waals surface area contributed by atoms with Gasteiger partial charge in [-0.2, -0.15) is 0 Å². The van der Waals surface area contributed by atoms with Crippen LogP contribution in [0.3, 0.4) is 0 Å². The first kappa shape index (κ1) is 12.9. The zero-order valence-electron chi connectivity index (χ0n) is 9.76. The van der Waals surface area contributed by atoms with E-state index in [4.69, 9.17) is 18.0 Å². The quantitative estimate of drug-likeness (QED) is 0.522. The highest BCUT2D eigenvalue weighted by atomic mass is 35.5. The first-order valence-electron chi connectivity index (χ1n) is 5.38. The van der Waals surface area contributed by atoms with Crippen LogP contribution in [0.4, 0.5) is 17.1 Å². The van der Waals surface area contributed by atoms with Crippen LogP contribution in [0, 0.1) is 22.5 Å². The summed E-state index contributed by atoms with van der Waals surface area (Å²) in [6.07, 6.45) is 5.27. The van der Waals surface area contributed by atoms with Gasteiger partial charge in [0.2, 0.25) is 0 Å². The minimum Gasteiger partial charge on any atom is -0.354 e. The second-order valence-corrected chi connectivity index (χ2v) is 4.18. The number of nitro benzene ring substituents is 1. The normalized spacial score (nSPS) is 9.68. The van der Waals surface area contributed by atoms with Gasteiger partial charge in [0.1, 0.15) is 0 Å². The van der Waals surface area contributed by atoms with Crippen molar-refractivity contribution in [2.24, 2.45) is 0 Å². The molecule has 94 valence electrons. The van der Waals surface area contributed by atoms with Gasteiger partial charge < -0.3 is 5.32 Å². The molecule has 0 heterocycles. The second-order valence-electron chi connectivity index (χ2n) is 3.77. The van der Waals surface area contributed by atoms with Gasteiger partial charge in [0.15, 0.2) is 0 Å². The molecule has 19 heavy (non-hydrogen) atoms. The molecule has 0 saturated carbocycles. The molecule has 0 unspecified atom stereocenters. The zero-order valence-corrected chi connectivity index (χ0v) is 10.5. The summed E-state index contributed by atoms with van der Waals surface area (Å²) in [4.78, 5) is 10.2. The molecular weight excluding hydrogens is 264 g/mol. The first-order valence-corrected chi connectivity index (χ1v) is 5.75. The van der Waals surface area contributed by atoms with Gasteiger partial charge in [-0.3, -0.25) is 10.1 Å². The van der Waals surface area contributed by atoms with Crippen LogP contribution in [0.1, 0.15) is 5.56 Å². The van der Waals surface area contributed by atoms with Crippen molar-refractivity contribution < 1.29 is 4.92 Å². The third kappa shape index (κ3) is 3.03. The fourth-order valence-electron chi connectivity index (χ4n) is 1.56. The maximum Gasteiger partial charge on any atom is 0.271 e. The van der Waals surface area contributed by atoms with Crippen LogP contribution in [-0.2, 0) is 0 Å². The minimum absolute atomic E-state index is 0.0152. The van der Waals surface area contributed by atoms with Crippen LogP contribution < -0.4 is 5.32 Å². The third-order valence-corrected chi connectivity index (χ3v) is 2.78. The Hall–Kier alpha value is -2.51. The fourth-order valence-corrected chi connectivity index (χ4v) is 1.79. The molecule has 1 N–H and O–H groups in total. The lowest BCUT2D eigenvalue weighted by molar-refractivity contribution is -0.384. The molecule has 5 heteroatoms. The molecule has 0 atom stereocenters. The lowest BCUT2D eigenvalue weighted by Crippen LogP contribution is -1.94. The van der Waals surface area contributed by atoms with Crippen molar-refractivity contribution in [1.29, 1.82) is 0 Å². The molecule has 0 aliphatic carbocycles. The molecule has 0 amide bonds. The highest BCUT2D eigenvalue weighted by Crippen LogP contribution is 2.27. The summed E-state index contributed by atoms with van der Waals surface area (Å²) in [6.45, 7) is 0. The molecule has 0 saturated heterocycles. The molecule has 0 aliphatic heterocycles. The largest absolute Gasteiger partial charge is 0.354 e. The van der Waals surface area contributed by atoms with Gasteiger partial charge >= 0.3 is 0 Å². The molecule has 0 radical (unpaired) electrons. The maximum absolute atomic E-state index is 10.7. The number of anilines is 2. The Morgan fingerprint density at radius 3 is 2.68 bits per heavy atom. The van der Waals surface area contributed by atoms with Crippen LogP contribution in [0.5, 0.6) is 0 Å². The summed E-state index contributed by atoms with van der Waals surface area (Å²) < 4.78 is 0. The molecule has 0 aromatic heterocycles. The third-order valence-electron chi connectivity index (χ3n) is 2.47. The Morgan fingerprint density at radius 1 is 1.26 bits per heavy atom. The van der Waals surface area contributed by atoms with Crippen molar-refractivity contribution in [3.63, 3.8) is 0 Å².